The summed E-state index contributed by atoms with van der Waals surface area (Å²) in [6.45, 7) is 4.27. The van der Waals surface area contributed by atoms with E-state index in [0.717, 1.165) is 55.2 Å². The first-order valence-corrected chi connectivity index (χ1v) is 9.79. The Hall–Kier alpha value is -1.96. The van der Waals surface area contributed by atoms with Crippen LogP contribution in [-0.4, -0.2) is 10.2 Å². The average Bonchev–Trinajstić information content (AvgIpc) is 2.62. The van der Waals surface area contributed by atoms with Crippen LogP contribution in [0.2, 0.25) is 0 Å². The van der Waals surface area contributed by atoms with Gasteiger partial charge in [-0.25, -0.2) is 0 Å². The minimum absolute atomic E-state index is 0.271. The predicted molar refractivity (Wildman–Crippen MR) is 103 cm³/mol. The van der Waals surface area contributed by atoms with Gasteiger partial charge in [0.1, 0.15) is 11.5 Å². The standard InChI is InChI=1S/C23H28O2/c1-14(2)19-13-16-8-4-6-10-18(16)22(23(19)25)21-17-9-5-3-7-15(17)11-12-20(21)24/h11-14,24-25H,3-10H2,1-2H3. The second-order valence-electron chi connectivity index (χ2n) is 7.99. The molecule has 4 rings (SSSR count). The van der Waals surface area contributed by atoms with Crippen LogP contribution in [0.15, 0.2) is 18.2 Å². The maximum atomic E-state index is 11.2. The summed E-state index contributed by atoms with van der Waals surface area (Å²) >= 11 is 0. The molecule has 0 unspecified atom stereocenters. The number of hydrogen-bond acceptors (Lipinski definition) is 2. The molecule has 0 radical (unpaired) electrons. The first-order chi connectivity index (χ1) is 12.1. The van der Waals surface area contributed by atoms with E-state index in [2.05, 4.69) is 26.0 Å². The summed E-state index contributed by atoms with van der Waals surface area (Å²) in [6, 6.07) is 6.11. The lowest BCUT2D eigenvalue weighted by molar-refractivity contribution is 0.459. The maximum Gasteiger partial charge on any atom is 0.127 e. The number of hydrogen-bond donors (Lipinski definition) is 2. The molecule has 0 atom stereocenters. The highest BCUT2D eigenvalue weighted by molar-refractivity contribution is 5.84. The molecule has 0 spiro atoms. The van der Waals surface area contributed by atoms with E-state index < -0.39 is 0 Å². The SMILES string of the molecule is CC(C)c1cc2c(c(-c3c(O)ccc4c3CCCC4)c1O)CCCC2. The van der Waals surface area contributed by atoms with Crippen molar-refractivity contribution in [2.45, 2.75) is 71.1 Å². The van der Waals surface area contributed by atoms with Crippen LogP contribution < -0.4 is 0 Å². The van der Waals surface area contributed by atoms with Gasteiger partial charge >= 0.3 is 0 Å². The van der Waals surface area contributed by atoms with Gasteiger partial charge in [-0.3, -0.25) is 0 Å². The van der Waals surface area contributed by atoms with Crippen LogP contribution >= 0.6 is 0 Å². The molecule has 2 aromatic rings. The normalized spacial score (nSPS) is 16.6. The zero-order valence-electron chi connectivity index (χ0n) is 15.4. The number of rotatable bonds is 2. The van der Waals surface area contributed by atoms with E-state index in [4.69, 9.17) is 0 Å². The highest BCUT2D eigenvalue weighted by atomic mass is 16.3. The molecule has 0 aromatic heterocycles. The smallest absolute Gasteiger partial charge is 0.127 e. The minimum atomic E-state index is 0.271. The maximum absolute atomic E-state index is 11.2. The van der Waals surface area contributed by atoms with E-state index in [0.29, 0.717) is 11.5 Å². The second kappa shape index (κ2) is 6.40. The molecule has 132 valence electrons. The second-order valence-corrected chi connectivity index (χ2v) is 7.99. The highest BCUT2D eigenvalue weighted by Crippen LogP contribution is 2.48. The number of aromatic hydroxyl groups is 2. The van der Waals surface area contributed by atoms with Crippen LogP contribution in [0.25, 0.3) is 11.1 Å². The summed E-state index contributed by atoms with van der Waals surface area (Å²) in [5.74, 6) is 0.988. The molecule has 0 bridgehead atoms. The predicted octanol–water partition coefficient (Wildman–Crippen LogP) is 5.65. The topological polar surface area (TPSA) is 40.5 Å². The van der Waals surface area contributed by atoms with Crippen LogP contribution in [0.5, 0.6) is 11.5 Å². The van der Waals surface area contributed by atoms with Gasteiger partial charge in [-0.05, 0) is 91.2 Å². The van der Waals surface area contributed by atoms with Gasteiger partial charge in [0, 0.05) is 11.1 Å². The van der Waals surface area contributed by atoms with Crippen LogP contribution in [0, 0.1) is 0 Å². The third-order valence-corrected chi connectivity index (χ3v) is 6.04. The minimum Gasteiger partial charge on any atom is -0.507 e. The van der Waals surface area contributed by atoms with Crippen molar-refractivity contribution in [2.24, 2.45) is 0 Å². The number of benzene rings is 2. The van der Waals surface area contributed by atoms with Gasteiger partial charge < -0.3 is 10.2 Å². The Balaban J connectivity index is 2.04. The molecule has 2 aromatic carbocycles. The van der Waals surface area contributed by atoms with E-state index in [1.807, 2.05) is 6.07 Å². The highest BCUT2D eigenvalue weighted by Gasteiger charge is 2.27. The summed E-state index contributed by atoms with van der Waals surface area (Å²) < 4.78 is 0. The van der Waals surface area contributed by atoms with Gasteiger partial charge in [0.2, 0.25) is 0 Å². The first-order valence-electron chi connectivity index (χ1n) is 9.79. The zero-order valence-corrected chi connectivity index (χ0v) is 15.4. The number of phenolic OH excluding ortho intramolecular Hbond substituents is 2. The van der Waals surface area contributed by atoms with Crippen molar-refractivity contribution in [1.29, 1.82) is 0 Å². The fraction of sp³-hybridized carbons (Fsp3) is 0.478. The fourth-order valence-corrected chi connectivity index (χ4v) is 4.72. The van der Waals surface area contributed by atoms with E-state index in [9.17, 15) is 10.2 Å². The van der Waals surface area contributed by atoms with Crippen LogP contribution in [-0.2, 0) is 25.7 Å². The molecule has 2 heteroatoms. The lowest BCUT2D eigenvalue weighted by Crippen LogP contribution is -2.10. The van der Waals surface area contributed by atoms with Crippen LogP contribution in [0.4, 0.5) is 0 Å². The van der Waals surface area contributed by atoms with E-state index in [1.54, 1.807) is 0 Å². The van der Waals surface area contributed by atoms with E-state index >= 15 is 0 Å². The van der Waals surface area contributed by atoms with Crippen molar-refractivity contribution in [3.05, 3.63) is 46.0 Å². The van der Waals surface area contributed by atoms with Crippen molar-refractivity contribution in [1.82, 2.24) is 0 Å². The average molecular weight is 336 g/mol. The van der Waals surface area contributed by atoms with Crippen LogP contribution in [0.1, 0.15) is 73.3 Å². The summed E-state index contributed by atoms with van der Waals surface area (Å²) in [5.41, 5.74) is 8.10. The number of fused-ring (bicyclic) bond motifs is 2. The first kappa shape index (κ1) is 16.5. The summed E-state index contributed by atoms with van der Waals surface area (Å²) in [5, 5.41) is 21.9. The van der Waals surface area contributed by atoms with E-state index in [1.165, 1.54) is 35.1 Å². The molecular weight excluding hydrogens is 308 g/mol. The van der Waals surface area contributed by atoms with Gasteiger partial charge in [0.15, 0.2) is 0 Å². The molecule has 0 saturated carbocycles. The molecule has 0 aliphatic heterocycles. The molecule has 0 heterocycles. The summed E-state index contributed by atoms with van der Waals surface area (Å²) in [7, 11) is 0. The Morgan fingerprint density at radius 3 is 2.04 bits per heavy atom. The van der Waals surface area contributed by atoms with Gasteiger partial charge in [-0.1, -0.05) is 26.0 Å². The Labute approximate surface area is 150 Å². The van der Waals surface area contributed by atoms with Crippen molar-refractivity contribution in [3.63, 3.8) is 0 Å². The van der Waals surface area contributed by atoms with Crippen molar-refractivity contribution >= 4 is 0 Å². The lowest BCUT2D eigenvalue weighted by atomic mass is 9.78. The fourth-order valence-electron chi connectivity index (χ4n) is 4.72. The Morgan fingerprint density at radius 1 is 0.760 bits per heavy atom. The number of aryl methyl sites for hydroxylation is 2. The lowest BCUT2D eigenvalue weighted by Gasteiger charge is -2.27. The third-order valence-electron chi connectivity index (χ3n) is 6.04. The summed E-state index contributed by atoms with van der Waals surface area (Å²) in [4.78, 5) is 0. The quantitative estimate of drug-likeness (QED) is 0.744. The molecule has 25 heavy (non-hydrogen) atoms. The molecular formula is C23H28O2. The van der Waals surface area contributed by atoms with Crippen molar-refractivity contribution in [3.8, 4) is 22.6 Å². The zero-order chi connectivity index (χ0) is 17.6. The van der Waals surface area contributed by atoms with Gasteiger partial charge in [0.25, 0.3) is 0 Å². The molecule has 0 amide bonds. The monoisotopic (exact) mass is 336 g/mol. The van der Waals surface area contributed by atoms with Crippen molar-refractivity contribution in [2.75, 3.05) is 0 Å². The number of phenols is 2. The molecule has 2 nitrogen and oxygen atoms in total. The van der Waals surface area contributed by atoms with Crippen molar-refractivity contribution < 1.29 is 10.2 Å². The summed E-state index contributed by atoms with van der Waals surface area (Å²) in [6.07, 6.45) is 8.92. The largest absolute Gasteiger partial charge is 0.507 e. The molecule has 2 aliphatic rings. The Kier molecular flexibility index (Phi) is 4.23. The molecule has 2 aliphatic carbocycles. The molecule has 0 saturated heterocycles. The molecule has 2 N–H and O–H groups in total. The Morgan fingerprint density at radius 2 is 1.36 bits per heavy atom. The van der Waals surface area contributed by atoms with E-state index in [-0.39, 0.29) is 5.92 Å². The van der Waals surface area contributed by atoms with Gasteiger partial charge in [-0.2, -0.15) is 0 Å². The van der Waals surface area contributed by atoms with Gasteiger partial charge in [0.05, 0.1) is 0 Å². The Bertz CT molecular complexity index is 818. The molecule has 0 fully saturated rings. The van der Waals surface area contributed by atoms with Crippen LogP contribution in [0.3, 0.4) is 0 Å². The third kappa shape index (κ3) is 2.72. The van der Waals surface area contributed by atoms with Gasteiger partial charge in [-0.15, -0.1) is 0 Å².